The van der Waals surface area contributed by atoms with Crippen LogP contribution in [0.2, 0.25) is 0 Å². The molecule has 0 N–H and O–H groups in total. The Hall–Kier alpha value is -1.38. The highest BCUT2D eigenvalue weighted by atomic mass is 16.7. The molecule has 3 heteroatoms. The van der Waals surface area contributed by atoms with Crippen molar-refractivity contribution in [1.82, 2.24) is 0 Å². The summed E-state index contributed by atoms with van der Waals surface area (Å²) in [6, 6.07) is 0. The standard InChI is InChI=1S/C7H6O3/c1-2-6-7(9-3-1)4-8-5-10-6/h1-4H,5H2. The summed E-state index contributed by atoms with van der Waals surface area (Å²) < 4.78 is 15.0. The summed E-state index contributed by atoms with van der Waals surface area (Å²) in [4.78, 5) is 0. The fourth-order valence-electron chi connectivity index (χ4n) is 0.792. The first-order valence-electron chi connectivity index (χ1n) is 2.95. The number of ether oxygens (including phenoxy) is 3. The van der Waals surface area contributed by atoms with Crippen LogP contribution in [-0.2, 0) is 14.2 Å². The molecule has 0 unspecified atom stereocenters. The molecule has 2 rings (SSSR count). The predicted octanol–water partition coefficient (Wildman–Crippen LogP) is 1.26. The van der Waals surface area contributed by atoms with Crippen molar-refractivity contribution in [2.45, 2.75) is 0 Å². The minimum absolute atomic E-state index is 0.270. The molecule has 0 aromatic rings. The molecule has 0 fully saturated rings. The number of rotatable bonds is 0. The maximum Gasteiger partial charge on any atom is 0.230 e. The van der Waals surface area contributed by atoms with Crippen LogP contribution in [0, 0.1) is 0 Å². The molecule has 2 heterocycles. The van der Waals surface area contributed by atoms with Crippen molar-refractivity contribution in [3.63, 3.8) is 0 Å². The fourth-order valence-corrected chi connectivity index (χ4v) is 0.792. The third-order valence-corrected chi connectivity index (χ3v) is 1.24. The summed E-state index contributed by atoms with van der Waals surface area (Å²) in [7, 11) is 0. The van der Waals surface area contributed by atoms with E-state index in [2.05, 4.69) is 0 Å². The molecule has 2 aliphatic heterocycles. The molecule has 0 bridgehead atoms. The maximum atomic E-state index is 5.08. The van der Waals surface area contributed by atoms with E-state index in [9.17, 15) is 0 Å². The van der Waals surface area contributed by atoms with E-state index in [1.807, 2.05) is 6.08 Å². The molecule has 0 saturated carbocycles. The van der Waals surface area contributed by atoms with Gasteiger partial charge in [0.2, 0.25) is 12.6 Å². The Kier molecular flexibility index (Phi) is 1.13. The lowest BCUT2D eigenvalue weighted by atomic mass is 10.3. The Morgan fingerprint density at radius 3 is 3.20 bits per heavy atom. The van der Waals surface area contributed by atoms with Crippen molar-refractivity contribution >= 4 is 0 Å². The van der Waals surface area contributed by atoms with Crippen LogP contribution in [0.25, 0.3) is 0 Å². The van der Waals surface area contributed by atoms with E-state index in [-0.39, 0.29) is 6.79 Å². The Morgan fingerprint density at radius 1 is 1.30 bits per heavy atom. The van der Waals surface area contributed by atoms with Gasteiger partial charge in [-0.25, -0.2) is 0 Å². The molecule has 0 radical (unpaired) electrons. The second-order valence-corrected chi connectivity index (χ2v) is 1.89. The Balaban J connectivity index is 2.32. The van der Waals surface area contributed by atoms with Gasteiger partial charge in [-0.05, 0) is 12.2 Å². The van der Waals surface area contributed by atoms with Gasteiger partial charge in [-0.3, -0.25) is 0 Å². The van der Waals surface area contributed by atoms with Crippen LogP contribution in [-0.4, -0.2) is 6.79 Å². The normalized spacial score (nSPS) is 20.8. The van der Waals surface area contributed by atoms with E-state index < -0.39 is 0 Å². The summed E-state index contributed by atoms with van der Waals surface area (Å²) in [6.07, 6.45) is 6.72. The van der Waals surface area contributed by atoms with Gasteiger partial charge in [-0.2, -0.15) is 0 Å². The zero-order valence-electron chi connectivity index (χ0n) is 5.24. The molecule has 0 aromatic heterocycles. The number of hydrogen-bond donors (Lipinski definition) is 0. The number of fused-ring (bicyclic) bond motifs is 1. The van der Waals surface area contributed by atoms with E-state index in [4.69, 9.17) is 14.2 Å². The predicted molar refractivity (Wildman–Crippen MR) is 33.4 cm³/mol. The van der Waals surface area contributed by atoms with Gasteiger partial charge in [-0.1, -0.05) is 0 Å². The van der Waals surface area contributed by atoms with Crippen LogP contribution in [0.15, 0.2) is 36.2 Å². The van der Waals surface area contributed by atoms with Gasteiger partial charge in [0.25, 0.3) is 0 Å². The molecule has 52 valence electrons. The fraction of sp³-hybridized carbons (Fsp3) is 0.143. The van der Waals surface area contributed by atoms with Crippen molar-refractivity contribution in [1.29, 1.82) is 0 Å². The van der Waals surface area contributed by atoms with Gasteiger partial charge in [0, 0.05) is 0 Å². The number of hydrogen-bond acceptors (Lipinski definition) is 3. The van der Waals surface area contributed by atoms with Crippen LogP contribution in [0.3, 0.4) is 0 Å². The lowest BCUT2D eigenvalue weighted by Crippen LogP contribution is -2.08. The average molecular weight is 138 g/mol. The van der Waals surface area contributed by atoms with Gasteiger partial charge in [0.05, 0.1) is 6.26 Å². The molecule has 0 aliphatic carbocycles. The SMILES string of the molecule is C1=COC2=COCOC2=C1. The second kappa shape index (κ2) is 2.10. The lowest BCUT2D eigenvalue weighted by Gasteiger charge is -2.18. The van der Waals surface area contributed by atoms with Crippen molar-refractivity contribution in [3.05, 3.63) is 36.2 Å². The van der Waals surface area contributed by atoms with Crippen molar-refractivity contribution in [2.75, 3.05) is 6.79 Å². The molecule has 10 heavy (non-hydrogen) atoms. The molecule has 0 atom stereocenters. The van der Waals surface area contributed by atoms with Crippen LogP contribution in [0.5, 0.6) is 0 Å². The highest BCUT2D eigenvalue weighted by molar-refractivity contribution is 5.27. The molecule has 3 nitrogen and oxygen atoms in total. The quantitative estimate of drug-likeness (QED) is 0.504. The molecule has 0 saturated heterocycles. The summed E-state index contributed by atoms with van der Waals surface area (Å²) >= 11 is 0. The van der Waals surface area contributed by atoms with E-state index >= 15 is 0 Å². The highest BCUT2D eigenvalue weighted by Gasteiger charge is 2.13. The van der Waals surface area contributed by atoms with Gasteiger partial charge >= 0.3 is 0 Å². The van der Waals surface area contributed by atoms with Crippen molar-refractivity contribution in [2.24, 2.45) is 0 Å². The number of allylic oxidation sites excluding steroid dienone is 2. The Bertz CT molecular complexity index is 225. The van der Waals surface area contributed by atoms with Crippen molar-refractivity contribution in [3.8, 4) is 0 Å². The summed E-state index contributed by atoms with van der Waals surface area (Å²) in [5.41, 5.74) is 0. The largest absolute Gasteiger partial charge is 0.461 e. The van der Waals surface area contributed by atoms with Crippen LogP contribution in [0.4, 0.5) is 0 Å². The Labute approximate surface area is 58.2 Å². The van der Waals surface area contributed by atoms with E-state index in [1.165, 1.54) is 0 Å². The third-order valence-electron chi connectivity index (χ3n) is 1.24. The summed E-state index contributed by atoms with van der Waals surface area (Å²) in [6.45, 7) is 0.270. The first kappa shape index (κ1) is 5.41. The third kappa shape index (κ3) is 0.757. The van der Waals surface area contributed by atoms with Crippen LogP contribution < -0.4 is 0 Å². The molecule has 2 aliphatic rings. The van der Waals surface area contributed by atoms with Gasteiger partial charge in [0.1, 0.15) is 6.26 Å². The second-order valence-electron chi connectivity index (χ2n) is 1.89. The van der Waals surface area contributed by atoms with E-state index in [1.54, 1.807) is 18.6 Å². The minimum Gasteiger partial charge on any atom is -0.461 e. The van der Waals surface area contributed by atoms with E-state index in [0.717, 1.165) is 5.76 Å². The molecule has 0 aromatic carbocycles. The topological polar surface area (TPSA) is 27.7 Å². The first-order chi connectivity index (χ1) is 4.97. The van der Waals surface area contributed by atoms with Crippen molar-refractivity contribution < 1.29 is 14.2 Å². The van der Waals surface area contributed by atoms with Gasteiger partial charge in [0.15, 0.2) is 5.76 Å². The van der Waals surface area contributed by atoms with Gasteiger partial charge < -0.3 is 14.2 Å². The zero-order valence-corrected chi connectivity index (χ0v) is 5.24. The first-order valence-corrected chi connectivity index (χ1v) is 2.95. The lowest BCUT2D eigenvalue weighted by molar-refractivity contribution is -0.00193. The minimum atomic E-state index is 0.270. The van der Waals surface area contributed by atoms with E-state index in [0.29, 0.717) is 5.76 Å². The smallest absolute Gasteiger partial charge is 0.230 e. The molecule has 0 spiro atoms. The zero-order chi connectivity index (χ0) is 6.81. The van der Waals surface area contributed by atoms with Crippen LogP contribution in [0.1, 0.15) is 0 Å². The summed E-state index contributed by atoms with van der Waals surface area (Å²) in [5.74, 6) is 1.36. The monoisotopic (exact) mass is 138 g/mol. The van der Waals surface area contributed by atoms with Crippen LogP contribution >= 0.6 is 0 Å². The maximum absolute atomic E-state index is 5.08. The average Bonchev–Trinajstić information content (AvgIpc) is 2.05. The molecular weight excluding hydrogens is 132 g/mol. The summed E-state index contributed by atoms with van der Waals surface area (Å²) in [5, 5.41) is 0. The molecule has 0 amide bonds. The Morgan fingerprint density at radius 2 is 2.30 bits per heavy atom. The molecular formula is C7H6O3. The van der Waals surface area contributed by atoms with Gasteiger partial charge in [-0.15, -0.1) is 0 Å². The highest BCUT2D eigenvalue weighted by Crippen LogP contribution is 2.20.